The first-order valence-electron chi connectivity index (χ1n) is 6.55. The maximum Gasteiger partial charge on any atom is 0.124 e. The van der Waals surface area contributed by atoms with Crippen LogP contribution in [0.25, 0.3) is 16.7 Å². The van der Waals surface area contributed by atoms with Gasteiger partial charge in [-0.1, -0.05) is 45.8 Å². The van der Waals surface area contributed by atoms with Crippen LogP contribution in [0.1, 0.15) is 38.1 Å². The third kappa shape index (κ3) is 2.54. The summed E-state index contributed by atoms with van der Waals surface area (Å²) >= 11 is 5.39. The first-order valence-corrected chi connectivity index (χ1v) is 8.16. The van der Waals surface area contributed by atoms with Gasteiger partial charge in [0, 0.05) is 5.57 Å². The zero-order valence-electron chi connectivity index (χ0n) is 11.2. The molecule has 0 bridgehead atoms. The number of rotatable bonds is 1. The minimum absolute atomic E-state index is 0.960. The predicted octanol–water partition coefficient (Wildman–Crippen LogP) is 3.90. The Kier molecular flexibility index (Phi) is 3.59. The molecule has 1 aromatic rings. The van der Waals surface area contributed by atoms with Crippen molar-refractivity contribution in [3.63, 3.8) is 0 Å². The van der Waals surface area contributed by atoms with Crippen LogP contribution < -0.4 is 9.88 Å². The van der Waals surface area contributed by atoms with Gasteiger partial charge in [-0.2, -0.15) is 0 Å². The van der Waals surface area contributed by atoms with Crippen LogP contribution in [0.3, 0.4) is 0 Å². The lowest BCUT2D eigenvalue weighted by Gasteiger charge is -2.05. The highest BCUT2D eigenvalue weighted by molar-refractivity contribution is 9.11. The van der Waals surface area contributed by atoms with E-state index < -0.39 is 0 Å². The normalized spacial score (nSPS) is 18.9. The van der Waals surface area contributed by atoms with Gasteiger partial charge in [0.25, 0.3) is 0 Å². The molecule has 0 amide bonds. The van der Waals surface area contributed by atoms with E-state index in [1.54, 1.807) is 0 Å². The molecular formula is C16H16BrNS. The highest BCUT2D eigenvalue weighted by atomic mass is 79.9. The average molecular weight is 334 g/mol. The Morgan fingerprint density at radius 3 is 2.74 bits per heavy atom. The molecule has 2 aliphatic rings. The fourth-order valence-corrected chi connectivity index (χ4v) is 3.87. The first kappa shape index (κ1) is 13.1. The molecule has 0 atom stereocenters. The molecule has 2 aliphatic carbocycles. The molecule has 1 nitrogen and oxygen atoms in total. The summed E-state index contributed by atoms with van der Waals surface area (Å²) in [6, 6.07) is 0. The van der Waals surface area contributed by atoms with E-state index in [0.717, 1.165) is 17.8 Å². The van der Waals surface area contributed by atoms with Crippen molar-refractivity contribution in [2.75, 3.05) is 0 Å². The summed E-state index contributed by atoms with van der Waals surface area (Å²) in [7, 11) is 0. The highest BCUT2D eigenvalue weighted by Crippen LogP contribution is 2.23. The Morgan fingerprint density at radius 2 is 1.95 bits per heavy atom. The zero-order chi connectivity index (χ0) is 13.4. The molecule has 0 saturated heterocycles. The topological polar surface area (TPSA) is 12.9 Å². The van der Waals surface area contributed by atoms with Gasteiger partial charge in [-0.25, -0.2) is 4.98 Å². The van der Waals surface area contributed by atoms with Gasteiger partial charge in [-0.3, -0.25) is 0 Å². The Labute approximate surface area is 125 Å². The van der Waals surface area contributed by atoms with E-state index in [1.165, 1.54) is 37.5 Å². The lowest BCUT2D eigenvalue weighted by atomic mass is 10.0. The van der Waals surface area contributed by atoms with Crippen molar-refractivity contribution in [3.05, 3.63) is 43.7 Å². The van der Waals surface area contributed by atoms with Gasteiger partial charge >= 0.3 is 0 Å². The monoisotopic (exact) mass is 333 g/mol. The summed E-state index contributed by atoms with van der Waals surface area (Å²) in [6.07, 6.45) is 11.9. The second kappa shape index (κ2) is 5.22. The Bertz CT molecular complexity index is 692. The van der Waals surface area contributed by atoms with Crippen molar-refractivity contribution in [1.82, 2.24) is 4.98 Å². The van der Waals surface area contributed by atoms with Crippen LogP contribution in [0.4, 0.5) is 0 Å². The molecule has 3 rings (SSSR count). The number of allylic oxidation sites excluding steroid dienone is 6. The number of hydrogen-bond acceptors (Lipinski definition) is 2. The quantitative estimate of drug-likeness (QED) is 0.759. The zero-order valence-corrected chi connectivity index (χ0v) is 13.6. The van der Waals surface area contributed by atoms with Crippen LogP contribution >= 0.6 is 27.3 Å². The summed E-state index contributed by atoms with van der Waals surface area (Å²) in [5.74, 6) is 0. The van der Waals surface area contributed by atoms with Crippen LogP contribution in [-0.2, 0) is 0 Å². The molecule has 1 aromatic heterocycles. The lowest BCUT2D eigenvalue weighted by molar-refractivity contribution is 1.01. The molecule has 1 heterocycles. The average Bonchev–Trinajstić information content (AvgIpc) is 2.74. The van der Waals surface area contributed by atoms with E-state index in [-0.39, 0.29) is 0 Å². The van der Waals surface area contributed by atoms with Gasteiger partial charge in [0.1, 0.15) is 5.01 Å². The molecule has 98 valence electrons. The minimum atomic E-state index is 0.960. The van der Waals surface area contributed by atoms with Crippen LogP contribution in [-0.4, -0.2) is 4.98 Å². The SMILES string of the molecule is CC1=c2nc(C3=CC=C(Br)CC=C3)sc2=C(C)CC1. The molecule has 0 aliphatic heterocycles. The lowest BCUT2D eigenvalue weighted by Crippen LogP contribution is -2.28. The van der Waals surface area contributed by atoms with E-state index in [0.29, 0.717) is 0 Å². The molecule has 0 unspecified atom stereocenters. The number of fused-ring (bicyclic) bond motifs is 1. The van der Waals surface area contributed by atoms with Crippen LogP contribution in [0.15, 0.2) is 28.8 Å². The molecule has 0 aromatic carbocycles. The second-order valence-electron chi connectivity index (χ2n) is 5.10. The maximum atomic E-state index is 4.87. The molecule has 0 fully saturated rings. The second-order valence-corrected chi connectivity index (χ2v) is 7.12. The fourth-order valence-electron chi connectivity index (χ4n) is 2.37. The van der Waals surface area contributed by atoms with Crippen molar-refractivity contribution in [2.24, 2.45) is 0 Å². The summed E-state index contributed by atoms with van der Waals surface area (Å²) in [4.78, 5) is 4.87. The van der Waals surface area contributed by atoms with Crippen molar-refractivity contribution in [3.8, 4) is 0 Å². The van der Waals surface area contributed by atoms with Gasteiger partial charge in [0.05, 0.1) is 9.88 Å². The van der Waals surface area contributed by atoms with E-state index in [2.05, 4.69) is 54.1 Å². The number of nitrogens with zero attached hydrogens (tertiary/aromatic N) is 1. The van der Waals surface area contributed by atoms with E-state index >= 15 is 0 Å². The molecule has 0 radical (unpaired) electrons. The largest absolute Gasteiger partial charge is 0.236 e. The fraction of sp³-hybridized carbons (Fsp3) is 0.312. The number of halogens is 1. The third-order valence-corrected chi connectivity index (χ3v) is 5.45. The number of thiazole rings is 1. The van der Waals surface area contributed by atoms with Gasteiger partial charge < -0.3 is 0 Å². The molecule has 0 N–H and O–H groups in total. The van der Waals surface area contributed by atoms with Gasteiger partial charge in [0.2, 0.25) is 0 Å². The highest BCUT2D eigenvalue weighted by Gasteiger charge is 2.12. The van der Waals surface area contributed by atoms with Crippen molar-refractivity contribution in [1.29, 1.82) is 0 Å². The molecule has 3 heteroatoms. The third-order valence-electron chi connectivity index (χ3n) is 3.59. The van der Waals surface area contributed by atoms with Gasteiger partial charge in [0.15, 0.2) is 0 Å². The van der Waals surface area contributed by atoms with E-state index in [9.17, 15) is 0 Å². The molecular weight excluding hydrogens is 318 g/mol. The predicted molar refractivity (Wildman–Crippen MR) is 87.5 cm³/mol. The van der Waals surface area contributed by atoms with E-state index in [1.807, 2.05) is 11.3 Å². The minimum Gasteiger partial charge on any atom is -0.236 e. The Hall–Kier alpha value is -0.930. The van der Waals surface area contributed by atoms with Gasteiger partial charge in [-0.05, 0) is 43.2 Å². The standard InChI is InChI=1S/C16H16BrNS/c1-10-6-7-11(2)15-14(10)18-16(19-15)12-4-3-5-13(17)9-8-12/h3-4,8-9H,5-7H2,1-2H3. The first-order chi connectivity index (χ1) is 9.15. The summed E-state index contributed by atoms with van der Waals surface area (Å²) in [6.45, 7) is 4.45. The summed E-state index contributed by atoms with van der Waals surface area (Å²) in [5.41, 5.74) is 4.13. The molecule has 19 heavy (non-hydrogen) atoms. The van der Waals surface area contributed by atoms with E-state index in [4.69, 9.17) is 4.98 Å². The van der Waals surface area contributed by atoms with Gasteiger partial charge in [-0.15, -0.1) is 11.3 Å². The molecule has 0 saturated carbocycles. The van der Waals surface area contributed by atoms with Crippen LogP contribution in [0, 0.1) is 0 Å². The van der Waals surface area contributed by atoms with Crippen LogP contribution in [0.5, 0.6) is 0 Å². The summed E-state index contributed by atoms with van der Waals surface area (Å²) < 4.78 is 2.60. The van der Waals surface area contributed by atoms with Crippen molar-refractivity contribution >= 4 is 44.0 Å². The summed E-state index contributed by atoms with van der Waals surface area (Å²) in [5, 5.41) is 2.37. The Morgan fingerprint density at radius 1 is 1.16 bits per heavy atom. The Balaban J connectivity index is 2.18. The molecule has 0 spiro atoms. The van der Waals surface area contributed by atoms with Crippen LogP contribution in [0.2, 0.25) is 0 Å². The van der Waals surface area contributed by atoms with Crippen molar-refractivity contribution < 1.29 is 0 Å². The van der Waals surface area contributed by atoms with Crippen molar-refractivity contribution in [2.45, 2.75) is 33.1 Å². The smallest absolute Gasteiger partial charge is 0.124 e. The number of hydrogen-bond donors (Lipinski definition) is 0. The maximum absolute atomic E-state index is 4.87. The number of aromatic nitrogens is 1.